The van der Waals surface area contributed by atoms with Gasteiger partial charge in [0, 0.05) is 23.2 Å². The minimum absolute atomic E-state index is 0. The van der Waals surface area contributed by atoms with Crippen molar-refractivity contribution in [2.45, 2.75) is 11.8 Å². The molecule has 29 heavy (non-hydrogen) atoms. The molecule has 1 amide bonds. The zero-order chi connectivity index (χ0) is 20.6. The van der Waals surface area contributed by atoms with Gasteiger partial charge in [-0.15, -0.1) is 0 Å². The molecule has 9 nitrogen and oxygen atoms in total. The first-order valence-electron chi connectivity index (χ1n) is 7.87. The van der Waals surface area contributed by atoms with Gasteiger partial charge >= 0.3 is 29.6 Å². The van der Waals surface area contributed by atoms with Crippen LogP contribution in [0.15, 0.2) is 53.4 Å². The topological polar surface area (TPSA) is 147 Å². The Hall–Kier alpha value is -2.50. The van der Waals surface area contributed by atoms with E-state index in [-0.39, 0.29) is 53.3 Å². The molecule has 0 aliphatic rings. The number of benzene rings is 3. The van der Waals surface area contributed by atoms with Crippen LogP contribution >= 0.6 is 0 Å². The van der Waals surface area contributed by atoms with Crippen molar-refractivity contribution in [3.05, 3.63) is 69.8 Å². The van der Waals surface area contributed by atoms with Crippen LogP contribution in [0.5, 0.6) is 5.75 Å². The summed E-state index contributed by atoms with van der Waals surface area (Å²) in [6.45, 7) is 1.70. The number of phenolic OH excluding ortho intramolecular Hbond substituents is 1. The molecule has 0 radical (unpaired) electrons. The molecule has 0 saturated heterocycles. The average molecular weight is 426 g/mol. The van der Waals surface area contributed by atoms with Gasteiger partial charge < -0.3 is 11.8 Å². The van der Waals surface area contributed by atoms with Gasteiger partial charge in [0.05, 0.1) is 9.82 Å². The maximum atomic E-state index is 12.5. The SMILES string of the molecule is Cc1ccc([N+](=O)[O-])c(C(=O)Nc2ccc3cc(S(=O)(=O)O)cc(O)c3c2)c1.[H-].[Na+]. The van der Waals surface area contributed by atoms with E-state index in [2.05, 4.69) is 5.32 Å². The number of phenols is 1. The number of aromatic hydroxyl groups is 1. The zero-order valence-electron chi connectivity index (χ0n) is 16.4. The molecule has 3 aromatic rings. The Morgan fingerprint density at radius 3 is 2.45 bits per heavy atom. The van der Waals surface area contributed by atoms with E-state index in [9.17, 15) is 28.4 Å². The van der Waals surface area contributed by atoms with Gasteiger partial charge in [0.2, 0.25) is 0 Å². The van der Waals surface area contributed by atoms with Crippen LogP contribution in [0.3, 0.4) is 0 Å². The summed E-state index contributed by atoms with van der Waals surface area (Å²) in [7, 11) is -4.49. The number of fused-ring (bicyclic) bond motifs is 1. The van der Waals surface area contributed by atoms with Gasteiger partial charge in [-0.05, 0) is 42.1 Å². The van der Waals surface area contributed by atoms with Gasteiger partial charge in [-0.2, -0.15) is 8.42 Å². The summed E-state index contributed by atoms with van der Waals surface area (Å²) in [5.74, 6) is -1.12. The van der Waals surface area contributed by atoms with Crippen molar-refractivity contribution >= 4 is 38.2 Å². The third-order valence-corrected chi connectivity index (χ3v) is 4.89. The second-order valence-electron chi connectivity index (χ2n) is 6.09. The van der Waals surface area contributed by atoms with Gasteiger partial charge in [-0.25, -0.2) is 0 Å². The zero-order valence-corrected chi connectivity index (χ0v) is 18.2. The number of hydrogen-bond acceptors (Lipinski definition) is 6. The maximum Gasteiger partial charge on any atom is 1.00 e. The van der Waals surface area contributed by atoms with Crippen molar-refractivity contribution in [1.29, 1.82) is 0 Å². The first-order valence-corrected chi connectivity index (χ1v) is 9.31. The van der Waals surface area contributed by atoms with Crippen molar-refractivity contribution in [3.8, 4) is 5.75 Å². The molecule has 3 N–H and O–H groups in total. The third kappa shape index (κ3) is 4.92. The number of amides is 1. The van der Waals surface area contributed by atoms with E-state index in [0.29, 0.717) is 10.9 Å². The van der Waals surface area contributed by atoms with E-state index in [4.69, 9.17) is 4.55 Å². The summed E-state index contributed by atoms with van der Waals surface area (Å²) in [5, 5.41) is 24.3. The van der Waals surface area contributed by atoms with Crippen LogP contribution in [-0.4, -0.2) is 28.9 Å². The predicted molar refractivity (Wildman–Crippen MR) is 102 cm³/mol. The van der Waals surface area contributed by atoms with Crippen LogP contribution in [0, 0.1) is 17.0 Å². The molecular weight excluding hydrogens is 411 g/mol. The molecule has 11 heteroatoms. The average Bonchev–Trinajstić information content (AvgIpc) is 2.60. The third-order valence-electron chi connectivity index (χ3n) is 4.06. The summed E-state index contributed by atoms with van der Waals surface area (Å²) in [5.41, 5.74) is 0.452. The fraction of sp³-hybridized carbons (Fsp3) is 0.0556. The molecule has 0 aromatic heterocycles. The normalized spacial score (nSPS) is 11.0. The van der Waals surface area contributed by atoms with Crippen LogP contribution in [0.4, 0.5) is 11.4 Å². The number of nitro groups is 1. The number of rotatable bonds is 4. The maximum absolute atomic E-state index is 12.5. The summed E-state index contributed by atoms with van der Waals surface area (Å²) >= 11 is 0. The van der Waals surface area contributed by atoms with Crippen LogP contribution < -0.4 is 34.9 Å². The van der Waals surface area contributed by atoms with Gasteiger partial charge in [-0.1, -0.05) is 12.1 Å². The number of hydrogen-bond donors (Lipinski definition) is 3. The molecular formula is C18H15N2NaO7S. The number of nitrogens with one attached hydrogen (secondary N) is 1. The van der Waals surface area contributed by atoms with Crippen LogP contribution in [0.2, 0.25) is 0 Å². The summed E-state index contributed by atoms with van der Waals surface area (Å²) in [6.07, 6.45) is 0. The predicted octanol–water partition coefficient (Wildman–Crippen LogP) is 0.378. The van der Waals surface area contributed by atoms with E-state index < -0.39 is 31.6 Å². The molecule has 3 aromatic carbocycles. The number of aryl methyl sites for hydroxylation is 1. The quantitative estimate of drug-likeness (QED) is 0.236. The van der Waals surface area contributed by atoms with Crippen LogP contribution in [0.1, 0.15) is 17.3 Å². The fourth-order valence-corrected chi connectivity index (χ4v) is 3.26. The fourth-order valence-electron chi connectivity index (χ4n) is 2.73. The first-order chi connectivity index (χ1) is 13.1. The van der Waals surface area contributed by atoms with E-state index in [1.165, 1.54) is 42.5 Å². The molecule has 0 unspecified atom stereocenters. The number of anilines is 1. The standard InChI is InChI=1S/C18H14N2O7S.Na.H/c1-10-2-5-16(20(23)24)15(6-10)18(22)19-12-4-3-11-7-13(28(25,26)27)9-17(21)14(11)8-12;;/h2-9,21H,1H3,(H,19,22)(H,25,26,27);;/q;+1;-1. The second kappa shape index (κ2) is 8.47. The van der Waals surface area contributed by atoms with Crippen molar-refractivity contribution in [1.82, 2.24) is 0 Å². The van der Waals surface area contributed by atoms with Crippen molar-refractivity contribution in [2.24, 2.45) is 0 Å². The number of carbonyl (C=O) groups excluding carboxylic acids is 1. The van der Waals surface area contributed by atoms with Gasteiger partial charge in [-0.3, -0.25) is 19.5 Å². The minimum Gasteiger partial charge on any atom is -1.00 e. The van der Waals surface area contributed by atoms with E-state index in [1.807, 2.05) is 0 Å². The molecule has 0 aliphatic heterocycles. The Morgan fingerprint density at radius 1 is 1.14 bits per heavy atom. The Bertz CT molecular complexity index is 1250. The molecule has 3 rings (SSSR count). The summed E-state index contributed by atoms with van der Waals surface area (Å²) < 4.78 is 31.6. The van der Waals surface area contributed by atoms with Crippen molar-refractivity contribution in [2.75, 3.05) is 5.32 Å². The molecule has 0 atom stereocenters. The number of nitrogens with zero attached hydrogens (tertiary/aromatic N) is 1. The summed E-state index contributed by atoms with van der Waals surface area (Å²) in [6, 6.07) is 10.5. The van der Waals surface area contributed by atoms with Crippen LogP contribution in [-0.2, 0) is 10.1 Å². The summed E-state index contributed by atoms with van der Waals surface area (Å²) in [4.78, 5) is 22.5. The van der Waals surface area contributed by atoms with E-state index >= 15 is 0 Å². The van der Waals surface area contributed by atoms with Gasteiger partial charge in [0.1, 0.15) is 11.3 Å². The van der Waals surface area contributed by atoms with E-state index in [1.54, 1.807) is 6.92 Å². The number of nitro benzene ring substituents is 1. The van der Waals surface area contributed by atoms with Gasteiger partial charge in [0.25, 0.3) is 21.7 Å². The second-order valence-corrected chi connectivity index (χ2v) is 7.51. The largest absolute Gasteiger partial charge is 1.00 e. The van der Waals surface area contributed by atoms with Crippen molar-refractivity contribution in [3.63, 3.8) is 0 Å². The minimum atomic E-state index is -4.49. The molecule has 0 bridgehead atoms. The Morgan fingerprint density at radius 2 is 1.83 bits per heavy atom. The molecule has 0 saturated carbocycles. The Kier molecular flexibility index (Phi) is 6.66. The monoisotopic (exact) mass is 426 g/mol. The molecule has 0 spiro atoms. The Balaban J connectivity index is 0.00000225. The van der Waals surface area contributed by atoms with Crippen LogP contribution in [0.25, 0.3) is 10.8 Å². The van der Waals surface area contributed by atoms with Crippen molar-refractivity contribution < 1.29 is 58.8 Å². The number of carbonyl (C=O) groups is 1. The van der Waals surface area contributed by atoms with E-state index in [0.717, 1.165) is 6.07 Å². The molecule has 146 valence electrons. The molecule has 0 aliphatic carbocycles. The molecule has 0 heterocycles. The smallest absolute Gasteiger partial charge is 1.00 e. The molecule has 0 fully saturated rings. The van der Waals surface area contributed by atoms with Gasteiger partial charge in [0.15, 0.2) is 0 Å². The Labute approximate surface area is 189 Å². The first kappa shape index (κ1) is 22.8.